The van der Waals surface area contributed by atoms with E-state index < -0.39 is 0 Å². The van der Waals surface area contributed by atoms with Gasteiger partial charge in [0.05, 0.1) is 43.4 Å². The molecule has 4 rings (SSSR count). The molecule has 1 aliphatic heterocycles. The van der Waals surface area contributed by atoms with Gasteiger partial charge in [0.1, 0.15) is 0 Å². The first-order chi connectivity index (χ1) is 12.7. The van der Waals surface area contributed by atoms with Gasteiger partial charge in [-0.25, -0.2) is 9.99 Å². The van der Waals surface area contributed by atoms with E-state index in [9.17, 15) is 4.79 Å². The molecule has 1 aromatic heterocycles. The van der Waals surface area contributed by atoms with Gasteiger partial charge in [0.15, 0.2) is 0 Å². The molecule has 132 valence electrons. The van der Waals surface area contributed by atoms with Crippen LogP contribution in [0.2, 0.25) is 5.02 Å². The van der Waals surface area contributed by atoms with Gasteiger partial charge >= 0.3 is 5.97 Å². The zero-order valence-corrected chi connectivity index (χ0v) is 15.0. The number of hydrogen-bond acceptors (Lipinski definition) is 5. The van der Waals surface area contributed by atoms with Crippen molar-refractivity contribution in [3.8, 4) is 0 Å². The van der Waals surface area contributed by atoms with Gasteiger partial charge in [-0.3, -0.25) is 4.79 Å². The Kier molecular flexibility index (Phi) is 4.34. The lowest BCUT2D eigenvalue weighted by atomic mass is 10.1. The highest BCUT2D eigenvalue weighted by atomic mass is 35.5. The molecule has 0 amide bonds. The first-order valence-corrected chi connectivity index (χ1v) is 8.66. The zero-order chi connectivity index (χ0) is 18.1. The predicted molar refractivity (Wildman–Crippen MR) is 102 cm³/mol. The first kappa shape index (κ1) is 16.6. The minimum absolute atomic E-state index is 0.233. The van der Waals surface area contributed by atoms with Crippen molar-refractivity contribution in [2.45, 2.75) is 13.0 Å². The van der Waals surface area contributed by atoms with Crippen LogP contribution in [-0.2, 0) is 16.1 Å². The average Bonchev–Trinajstić information content (AvgIpc) is 3.05. The SMILES string of the molecule is COC(=O)CCN1N=C(c2ccc(Cl)cc2)Cn2c1nc1ccccc12. The highest BCUT2D eigenvalue weighted by Crippen LogP contribution is 2.27. The predicted octanol–water partition coefficient (Wildman–Crippen LogP) is 3.48. The molecule has 0 saturated carbocycles. The van der Waals surface area contributed by atoms with Gasteiger partial charge in [-0.15, -0.1) is 0 Å². The largest absolute Gasteiger partial charge is 0.469 e. The molecule has 0 atom stereocenters. The smallest absolute Gasteiger partial charge is 0.307 e. The monoisotopic (exact) mass is 368 g/mol. The second kappa shape index (κ2) is 6.80. The van der Waals surface area contributed by atoms with Gasteiger partial charge in [0.25, 0.3) is 0 Å². The number of imidazole rings is 1. The summed E-state index contributed by atoms with van der Waals surface area (Å²) in [5.74, 6) is 0.453. The Morgan fingerprint density at radius 3 is 2.73 bits per heavy atom. The first-order valence-electron chi connectivity index (χ1n) is 8.29. The summed E-state index contributed by atoms with van der Waals surface area (Å²) < 4.78 is 6.87. The summed E-state index contributed by atoms with van der Waals surface area (Å²) in [5, 5.41) is 7.19. The lowest BCUT2D eigenvalue weighted by Crippen LogP contribution is -2.32. The molecule has 6 nitrogen and oxygen atoms in total. The average molecular weight is 369 g/mol. The number of carbonyl (C=O) groups excluding carboxylic acids is 1. The molecule has 0 N–H and O–H groups in total. The van der Waals surface area contributed by atoms with E-state index in [0.717, 1.165) is 28.3 Å². The molecule has 0 fully saturated rings. The molecule has 0 saturated heterocycles. The summed E-state index contributed by atoms with van der Waals surface area (Å²) in [5.41, 5.74) is 3.81. The van der Waals surface area contributed by atoms with Crippen LogP contribution in [0.25, 0.3) is 11.0 Å². The van der Waals surface area contributed by atoms with Crippen LogP contribution in [0.5, 0.6) is 0 Å². The van der Waals surface area contributed by atoms with E-state index in [1.165, 1.54) is 7.11 Å². The molecular weight excluding hydrogens is 352 g/mol. The van der Waals surface area contributed by atoms with Gasteiger partial charge in [0.2, 0.25) is 5.95 Å². The molecule has 0 unspecified atom stereocenters. The Labute approximate surface area is 155 Å². The molecule has 2 heterocycles. The van der Waals surface area contributed by atoms with Crippen molar-refractivity contribution in [3.05, 3.63) is 59.1 Å². The van der Waals surface area contributed by atoms with Crippen molar-refractivity contribution in [3.63, 3.8) is 0 Å². The standard InChI is InChI=1S/C19H17ClN4O2/c1-26-18(25)10-11-24-19-21-15-4-2-3-5-17(15)23(19)12-16(22-24)13-6-8-14(20)9-7-13/h2-9H,10-12H2,1H3. The molecule has 0 aliphatic carbocycles. The lowest BCUT2D eigenvalue weighted by molar-refractivity contribution is -0.140. The molecule has 26 heavy (non-hydrogen) atoms. The minimum atomic E-state index is -0.276. The number of nitrogens with zero attached hydrogens (tertiary/aromatic N) is 4. The fourth-order valence-corrected chi connectivity index (χ4v) is 3.15. The number of benzene rings is 2. The van der Waals surface area contributed by atoms with Crippen molar-refractivity contribution >= 4 is 40.3 Å². The number of rotatable bonds is 4. The van der Waals surface area contributed by atoms with Crippen LogP contribution in [0.4, 0.5) is 5.95 Å². The number of anilines is 1. The van der Waals surface area contributed by atoms with E-state index in [1.807, 2.05) is 48.5 Å². The number of halogens is 1. The highest BCUT2D eigenvalue weighted by Gasteiger charge is 2.24. The van der Waals surface area contributed by atoms with Crippen molar-refractivity contribution in [2.24, 2.45) is 5.10 Å². The van der Waals surface area contributed by atoms with Crippen LogP contribution in [0.15, 0.2) is 53.6 Å². The molecule has 7 heteroatoms. The van der Waals surface area contributed by atoms with Gasteiger partial charge in [-0.1, -0.05) is 35.9 Å². The molecular formula is C19H17ClN4O2. The number of hydrogen-bond donors (Lipinski definition) is 0. The summed E-state index contributed by atoms with van der Waals surface area (Å²) >= 11 is 6.00. The minimum Gasteiger partial charge on any atom is -0.469 e. The molecule has 0 spiro atoms. The lowest BCUT2D eigenvalue weighted by Gasteiger charge is -2.26. The Balaban J connectivity index is 1.76. The third-order valence-electron chi connectivity index (χ3n) is 4.35. The van der Waals surface area contributed by atoms with Crippen molar-refractivity contribution in [1.29, 1.82) is 0 Å². The number of ether oxygens (including phenoxy) is 1. The van der Waals surface area contributed by atoms with E-state index in [0.29, 0.717) is 18.1 Å². The number of carbonyl (C=O) groups is 1. The summed E-state index contributed by atoms with van der Waals surface area (Å²) in [6.07, 6.45) is 0.233. The zero-order valence-electron chi connectivity index (χ0n) is 14.2. The topological polar surface area (TPSA) is 59.7 Å². The van der Waals surface area contributed by atoms with Crippen LogP contribution in [0.3, 0.4) is 0 Å². The maximum Gasteiger partial charge on any atom is 0.307 e. The normalized spacial score (nSPS) is 13.5. The number of methoxy groups -OCH3 is 1. The molecule has 0 radical (unpaired) electrons. The molecule has 1 aliphatic rings. The van der Waals surface area contributed by atoms with Gasteiger partial charge in [-0.2, -0.15) is 5.10 Å². The fraction of sp³-hybridized carbons (Fsp3) is 0.211. The second-order valence-electron chi connectivity index (χ2n) is 5.99. The highest BCUT2D eigenvalue weighted by molar-refractivity contribution is 6.30. The third-order valence-corrected chi connectivity index (χ3v) is 4.60. The number of hydrazone groups is 1. The van der Waals surface area contributed by atoms with E-state index in [1.54, 1.807) is 5.01 Å². The van der Waals surface area contributed by atoms with Crippen LogP contribution in [-0.4, -0.2) is 34.9 Å². The Morgan fingerprint density at radius 1 is 1.19 bits per heavy atom. The third kappa shape index (κ3) is 3.04. The number of para-hydroxylation sites is 2. The van der Waals surface area contributed by atoms with Gasteiger partial charge < -0.3 is 9.30 Å². The van der Waals surface area contributed by atoms with E-state index in [2.05, 4.69) is 9.55 Å². The van der Waals surface area contributed by atoms with Crippen molar-refractivity contribution < 1.29 is 9.53 Å². The van der Waals surface area contributed by atoms with E-state index >= 15 is 0 Å². The van der Waals surface area contributed by atoms with Crippen molar-refractivity contribution in [2.75, 3.05) is 18.7 Å². The van der Waals surface area contributed by atoms with Gasteiger partial charge in [0, 0.05) is 5.02 Å². The van der Waals surface area contributed by atoms with Gasteiger partial charge in [-0.05, 0) is 29.8 Å². The van der Waals surface area contributed by atoms with Crippen LogP contribution < -0.4 is 5.01 Å². The van der Waals surface area contributed by atoms with E-state index in [-0.39, 0.29) is 12.4 Å². The molecule has 2 aromatic carbocycles. The number of esters is 1. The summed E-state index contributed by atoms with van der Waals surface area (Å²) in [4.78, 5) is 16.3. The number of fused-ring (bicyclic) bond motifs is 3. The maximum atomic E-state index is 11.6. The fourth-order valence-electron chi connectivity index (χ4n) is 3.03. The van der Waals surface area contributed by atoms with Crippen LogP contribution in [0.1, 0.15) is 12.0 Å². The summed E-state index contributed by atoms with van der Waals surface area (Å²) in [6, 6.07) is 15.5. The van der Waals surface area contributed by atoms with Crippen molar-refractivity contribution in [1.82, 2.24) is 9.55 Å². The second-order valence-corrected chi connectivity index (χ2v) is 6.43. The van der Waals surface area contributed by atoms with E-state index in [4.69, 9.17) is 21.4 Å². The number of aromatic nitrogens is 2. The maximum absolute atomic E-state index is 11.6. The quantitative estimate of drug-likeness (QED) is 0.661. The summed E-state index contributed by atoms with van der Waals surface area (Å²) in [6.45, 7) is 0.999. The molecule has 3 aromatic rings. The molecule has 0 bridgehead atoms. The Hall–Kier alpha value is -2.86. The Morgan fingerprint density at radius 2 is 1.96 bits per heavy atom. The van der Waals surface area contributed by atoms with Crippen LogP contribution >= 0.6 is 11.6 Å². The Bertz CT molecular complexity index is 994. The van der Waals surface area contributed by atoms with Crippen LogP contribution in [0, 0.1) is 0 Å². The summed E-state index contributed by atoms with van der Waals surface area (Å²) in [7, 11) is 1.39.